The van der Waals surface area contributed by atoms with Gasteiger partial charge in [-0.2, -0.15) is 0 Å². The highest BCUT2D eigenvalue weighted by atomic mass is 16.4. The maximum atomic E-state index is 15.2. The summed E-state index contributed by atoms with van der Waals surface area (Å²) in [6, 6.07) is 106. The van der Waals surface area contributed by atoms with Crippen LogP contribution in [0.5, 0.6) is 0 Å². The fourth-order valence-corrected chi connectivity index (χ4v) is 15.4. The molecule has 0 amide bonds. The van der Waals surface area contributed by atoms with Gasteiger partial charge in [0.15, 0.2) is 0 Å². The Bertz CT molecular complexity index is 5970. The van der Waals surface area contributed by atoms with E-state index in [-0.39, 0.29) is 21.7 Å². The van der Waals surface area contributed by atoms with Crippen LogP contribution in [0.1, 0.15) is 105 Å². The molecule has 522 valence electrons. The lowest BCUT2D eigenvalue weighted by Gasteiger charge is -2.19. The molecule has 7 nitrogen and oxygen atoms in total. The third-order valence-electron chi connectivity index (χ3n) is 21.4. The van der Waals surface area contributed by atoms with E-state index in [0.29, 0.717) is 22.5 Å². The molecule has 7 heteroatoms. The van der Waals surface area contributed by atoms with Gasteiger partial charge in [-0.1, -0.05) is 259 Å². The normalized spacial score (nSPS) is 12.3. The summed E-state index contributed by atoms with van der Waals surface area (Å²) in [7, 11) is 0. The Labute approximate surface area is 626 Å². The molecule has 0 aliphatic rings. The van der Waals surface area contributed by atoms with Crippen molar-refractivity contribution in [2.24, 2.45) is 0 Å². The van der Waals surface area contributed by atoms with Gasteiger partial charge in [0, 0.05) is 88.9 Å². The van der Waals surface area contributed by atoms with Crippen molar-refractivity contribution in [3.05, 3.63) is 330 Å². The highest BCUT2D eigenvalue weighted by Crippen LogP contribution is 2.46. The van der Waals surface area contributed by atoms with E-state index in [1.165, 1.54) is 43.8 Å². The molecule has 0 bridgehead atoms. The average molecular weight is 1390 g/mol. The van der Waals surface area contributed by atoms with Crippen LogP contribution >= 0.6 is 0 Å². The summed E-state index contributed by atoms with van der Waals surface area (Å²) in [5, 5.41) is 5.69. The summed E-state index contributed by atoms with van der Waals surface area (Å²) >= 11 is 0. The Hall–Kier alpha value is -12.3. The second kappa shape index (κ2) is 26.1. The van der Waals surface area contributed by atoms with Gasteiger partial charge >= 0.3 is 5.63 Å². The van der Waals surface area contributed by atoms with Gasteiger partial charge in [0.05, 0.1) is 56.2 Å². The van der Waals surface area contributed by atoms with Crippen LogP contribution in [0.3, 0.4) is 0 Å². The first-order valence-corrected chi connectivity index (χ1v) is 37.2. The molecule has 0 fully saturated rings. The van der Waals surface area contributed by atoms with Crippen molar-refractivity contribution in [3.63, 3.8) is 0 Å². The van der Waals surface area contributed by atoms with Crippen molar-refractivity contribution in [2.75, 3.05) is 0 Å². The number of rotatable bonds is 11. The highest BCUT2D eigenvalue weighted by Gasteiger charge is 2.27. The fourth-order valence-electron chi connectivity index (χ4n) is 15.4. The smallest absolute Gasteiger partial charge is 0.336 e. The zero-order chi connectivity index (χ0) is 73.8. The summed E-state index contributed by atoms with van der Waals surface area (Å²) in [6.45, 7) is 27.4. The molecular weight excluding hydrogens is 1300 g/mol. The molecule has 0 unspecified atom stereocenters. The first-order valence-electron chi connectivity index (χ1n) is 37.2. The van der Waals surface area contributed by atoms with E-state index < -0.39 is 5.63 Å². The average Bonchev–Trinajstić information content (AvgIpc) is 1.36. The molecule has 11 aromatic carbocycles. The molecule has 6 heterocycles. The fraction of sp³-hybridized carbons (Fsp3) is 0.160. The Morgan fingerprint density at radius 3 is 0.841 bits per heavy atom. The number of hydrogen-bond donors (Lipinski definition) is 0. The summed E-state index contributed by atoms with van der Waals surface area (Å²) < 4.78 is 11.6. The monoisotopic (exact) mass is 1390 g/mol. The second-order valence-corrected chi connectivity index (χ2v) is 32.9. The first kappa shape index (κ1) is 67.8. The molecule has 0 aliphatic heterocycles. The molecule has 0 saturated heterocycles. The minimum absolute atomic E-state index is 0.0381. The van der Waals surface area contributed by atoms with Crippen molar-refractivity contribution < 1.29 is 4.42 Å². The van der Waals surface area contributed by atoms with E-state index >= 15 is 4.79 Å². The predicted molar refractivity (Wildman–Crippen MR) is 448 cm³/mol. The topological polar surface area (TPSA) is 78.7 Å². The van der Waals surface area contributed by atoms with E-state index in [0.717, 1.165) is 123 Å². The summed E-state index contributed by atoms with van der Waals surface area (Å²) in [5.41, 5.74) is 26.8. The zero-order valence-corrected chi connectivity index (χ0v) is 62.8. The number of benzene rings is 11. The molecule has 0 saturated carbocycles. The molecule has 107 heavy (non-hydrogen) atoms. The van der Waals surface area contributed by atoms with E-state index in [1.54, 1.807) is 6.07 Å². The van der Waals surface area contributed by atoms with E-state index in [1.807, 2.05) is 72.8 Å². The maximum Gasteiger partial charge on any atom is 0.336 e. The van der Waals surface area contributed by atoms with Crippen molar-refractivity contribution in [1.29, 1.82) is 0 Å². The largest absolute Gasteiger partial charge is 0.422 e. The van der Waals surface area contributed by atoms with Gasteiger partial charge in [0.2, 0.25) is 0 Å². The second-order valence-electron chi connectivity index (χ2n) is 32.9. The Kier molecular flexibility index (Phi) is 16.5. The Balaban J connectivity index is 0.909. The first-order chi connectivity index (χ1) is 51.4. The highest BCUT2D eigenvalue weighted by molar-refractivity contribution is 6.13. The number of hydrogen-bond acceptors (Lipinski definition) is 5. The molecule has 17 rings (SSSR count). The van der Waals surface area contributed by atoms with Gasteiger partial charge in [-0.15, -0.1) is 0 Å². The zero-order valence-electron chi connectivity index (χ0n) is 62.8. The van der Waals surface area contributed by atoms with Gasteiger partial charge in [-0.3, -0.25) is 0 Å². The van der Waals surface area contributed by atoms with Crippen molar-refractivity contribution >= 4 is 54.6 Å². The lowest BCUT2D eigenvalue weighted by molar-refractivity contribution is 0.562. The van der Waals surface area contributed by atoms with Crippen LogP contribution in [0.25, 0.3) is 167 Å². The van der Waals surface area contributed by atoms with E-state index in [2.05, 4.69) is 311 Å². The predicted octanol–water partition coefficient (Wildman–Crippen LogP) is 26.4. The third-order valence-corrected chi connectivity index (χ3v) is 21.4. The SMILES string of the molecule is CC(C)(C)c1ccc2c(c1)c1cc(C(C)(C)C)ccc1n2-c1ccc(-c2ccc(-c3ccc(-n4c5ccc(C(C)(C)C)cc5c5cc(C(C)(C)C)ccc54)cc3)c3c(-c4cc(-c5cc(-c6ccccc6)nc(-c6ccccc6)c5)nc(-c5cc(-c6ccccc6)nc(-c6ccccc6)c5)c4)cc(=O)oc23)cc1. The third kappa shape index (κ3) is 12.7. The number of pyridine rings is 3. The number of fused-ring (bicyclic) bond motifs is 7. The lowest BCUT2D eigenvalue weighted by Crippen LogP contribution is -2.10. The van der Waals surface area contributed by atoms with Crippen LogP contribution in [0.15, 0.2) is 306 Å². The van der Waals surface area contributed by atoms with E-state index in [4.69, 9.17) is 19.4 Å². The number of aromatic nitrogens is 5. The van der Waals surface area contributed by atoms with Crippen LogP contribution in [0, 0.1) is 0 Å². The minimum atomic E-state index is -0.480. The van der Waals surface area contributed by atoms with Crippen LogP contribution < -0.4 is 5.63 Å². The molecule has 0 N–H and O–H groups in total. The molecule has 17 aromatic rings. The van der Waals surface area contributed by atoms with Crippen LogP contribution in [0.2, 0.25) is 0 Å². The maximum absolute atomic E-state index is 15.2. The Morgan fingerprint density at radius 1 is 0.252 bits per heavy atom. The van der Waals surface area contributed by atoms with Crippen molar-refractivity contribution in [3.8, 4) is 112 Å². The van der Waals surface area contributed by atoms with Crippen molar-refractivity contribution in [2.45, 2.75) is 105 Å². The van der Waals surface area contributed by atoms with E-state index in [9.17, 15) is 0 Å². The Morgan fingerprint density at radius 2 is 0.533 bits per heavy atom. The van der Waals surface area contributed by atoms with Gasteiger partial charge in [0.25, 0.3) is 0 Å². The molecular formula is C100H85N5O2. The molecule has 0 aliphatic carbocycles. The van der Waals surface area contributed by atoms with Gasteiger partial charge in [0.1, 0.15) is 5.58 Å². The number of nitrogens with zero attached hydrogens (tertiary/aromatic N) is 5. The van der Waals surface area contributed by atoms with Gasteiger partial charge in [-0.05, 0) is 181 Å². The summed E-state index contributed by atoms with van der Waals surface area (Å²) in [6.07, 6.45) is 0. The van der Waals surface area contributed by atoms with Crippen LogP contribution in [-0.4, -0.2) is 24.1 Å². The molecule has 0 spiro atoms. The molecule has 0 radical (unpaired) electrons. The van der Waals surface area contributed by atoms with Gasteiger partial charge < -0.3 is 13.6 Å². The van der Waals surface area contributed by atoms with Crippen LogP contribution in [-0.2, 0) is 21.7 Å². The lowest BCUT2D eigenvalue weighted by atomic mass is 9.85. The van der Waals surface area contributed by atoms with Crippen LogP contribution in [0.4, 0.5) is 0 Å². The standard InChI is InChI=1S/C100H85N5O2/c1-97(2,3)71-37-47-90-80(57-71)81-58-72(98(4,5)6)38-48-91(81)104(90)75-41-33-62(34-42-75)77-45-46-78(63-35-43-76(44-36-63)105-92-49-39-73(99(7,8)9)59-82(92)83-60-74(100(10,11)12)40-50-93(83)105)96-95(77)79(61-94(106)107-96)68-51-88(69-53-84(64-25-17-13-18-26-64)101-85(54-69)65-27-19-14-20-28-65)103-89(52-68)70-55-86(66-29-21-15-22-30-66)102-87(56-70)67-31-23-16-24-32-67/h13-61H,1-12H3. The summed E-state index contributed by atoms with van der Waals surface area (Å²) in [5.74, 6) is 0. The van der Waals surface area contributed by atoms with Gasteiger partial charge in [-0.25, -0.2) is 19.7 Å². The molecule has 6 aromatic heterocycles. The van der Waals surface area contributed by atoms with Crippen molar-refractivity contribution in [1.82, 2.24) is 24.1 Å². The molecule has 0 atom stereocenters. The minimum Gasteiger partial charge on any atom is -0.422 e. The summed E-state index contributed by atoms with van der Waals surface area (Å²) in [4.78, 5) is 31.6. The quantitative estimate of drug-likeness (QED) is 0.121.